The van der Waals surface area contributed by atoms with Crippen LogP contribution in [0.1, 0.15) is 16.1 Å². The van der Waals surface area contributed by atoms with E-state index in [1.165, 1.54) is 6.26 Å². The molecule has 1 aromatic heterocycles. The van der Waals surface area contributed by atoms with Gasteiger partial charge in [0.2, 0.25) is 0 Å². The van der Waals surface area contributed by atoms with E-state index < -0.39 is 31.0 Å². The first-order chi connectivity index (χ1) is 9.92. The Morgan fingerprint density at radius 3 is 2.10 bits per heavy atom. The summed E-state index contributed by atoms with van der Waals surface area (Å²) in [4.78, 5) is 19.9. The Morgan fingerprint density at radius 1 is 1.10 bits per heavy atom. The van der Waals surface area contributed by atoms with Crippen LogP contribution in [0, 0.1) is 0 Å². The summed E-state index contributed by atoms with van der Waals surface area (Å²) in [5.74, 6) is 0.206. The zero-order valence-corrected chi connectivity index (χ0v) is 10.9. The lowest BCUT2D eigenvalue weighted by molar-refractivity contribution is -0.136. The molecule has 0 bridgehead atoms. The van der Waals surface area contributed by atoms with Gasteiger partial charge in [0.15, 0.2) is 18.3 Å². The second-order valence-corrected chi connectivity index (χ2v) is 3.94. The van der Waals surface area contributed by atoms with Gasteiger partial charge in [-0.2, -0.15) is 0 Å². The number of hydrogen-bond acceptors (Lipinski definition) is 9. The molecule has 0 spiro atoms. The van der Waals surface area contributed by atoms with Crippen molar-refractivity contribution in [2.45, 2.75) is 31.0 Å². The van der Waals surface area contributed by atoms with Crippen LogP contribution in [0.15, 0.2) is 16.7 Å². The molecule has 9 heteroatoms. The number of furan rings is 1. The molecule has 0 aliphatic rings. The van der Waals surface area contributed by atoms with Gasteiger partial charge in [0.1, 0.15) is 24.4 Å². The summed E-state index contributed by atoms with van der Waals surface area (Å²) in [5.41, 5.74) is 0.532. The molecule has 0 aromatic carbocycles. The molecule has 9 nitrogen and oxygen atoms in total. The third-order valence-electron chi connectivity index (χ3n) is 2.48. The van der Waals surface area contributed by atoms with Crippen LogP contribution in [0.3, 0.4) is 0 Å². The van der Waals surface area contributed by atoms with Crippen LogP contribution in [0.2, 0.25) is 0 Å². The molecule has 6 N–H and O–H groups in total. The molecule has 1 aromatic rings. The van der Waals surface area contributed by atoms with Gasteiger partial charge in [0.25, 0.3) is 0 Å². The minimum atomic E-state index is -1.79. The molecule has 4 atom stereocenters. The molecule has 0 aliphatic heterocycles. The van der Waals surface area contributed by atoms with E-state index in [0.717, 1.165) is 0 Å². The first-order valence-electron chi connectivity index (χ1n) is 5.83. The molecule has 0 amide bonds. The van der Waals surface area contributed by atoms with E-state index in [0.29, 0.717) is 11.8 Å². The van der Waals surface area contributed by atoms with Gasteiger partial charge in [-0.05, 0) is 6.07 Å². The van der Waals surface area contributed by atoms with E-state index in [9.17, 15) is 9.59 Å². The van der Waals surface area contributed by atoms with Gasteiger partial charge in [-0.15, -0.1) is 0 Å². The number of carbonyl (C=O) groups is 2. The molecular weight excluding hydrogens is 288 g/mol. The first-order valence-corrected chi connectivity index (χ1v) is 5.83. The SMILES string of the molecule is O=C[C@H](O)[C@@H](O)[C@H](O)[C@H](O)CO.O=Cc1occc1CO. The third kappa shape index (κ3) is 6.12. The van der Waals surface area contributed by atoms with Crippen LogP contribution in [-0.2, 0) is 11.4 Å². The summed E-state index contributed by atoms with van der Waals surface area (Å²) >= 11 is 0. The predicted molar refractivity (Wildman–Crippen MR) is 67.2 cm³/mol. The number of aldehydes is 2. The number of aliphatic hydroxyl groups is 6. The van der Waals surface area contributed by atoms with Crippen molar-refractivity contribution in [3.8, 4) is 0 Å². The van der Waals surface area contributed by atoms with Crippen molar-refractivity contribution in [2.24, 2.45) is 0 Å². The summed E-state index contributed by atoms with van der Waals surface area (Å²) < 4.78 is 4.68. The number of carbonyl (C=O) groups excluding carboxylic acids is 2. The second-order valence-electron chi connectivity index (χ2n) is 3.94. The van der Waals surface area contributed by atoms with Crippen molar-refractivity contribution in [3.05, 3.63) is 23.7 Å². The summed E-state index contributed by atoms with van der Waals surface area (Å²) in [6, 6.07) is 1.56. The molecule has 21 heavy (non-hydrogen) atoms. The Balaban J connectivity index is 0.000000394. The molecule has 0 saturated carbocycles. The molecule has 120 valence electrons. The van der Waals surface area contributed by atoms with Gasteiger partial charge in [0.05, 0.1) is 19.5 Å². The standard InChI is InChI=1S/C6H12O6.C6H6O3/c7-1-3(9)5(11)6(12)4(10)2-8;7-3-5-1-2-9-6(5)4-8/h1,3-6,8-12H,2H2;1-2,4,7H,3H2/t3-,4+,5+,6+;/m0./s1. The number of rotatable bonds is 7. The Hall–Kier alpha value is -1.62. The fourth-order valence-electron chi connectivity index (χ4n) is 1.20. The zero-order valence-electron chi connectivity index (χ0n) is 10.9. The Bertz CT molecular complexity index is 417. The average molecular weight is 306 g/mol. The van der Waals surface area contributed by atoms with Crippen LogP contribution in [0.25, 0.3) is 0 Å². The maximum absolute atomic E-state index is 10.0. The molecule has 0 saturated heterocycles. The van der Waals surface area contributed by atoms with Crippen molar-refractivity contribution in [1.29, 1.82) is 0 Å². The van der Waals surface area contributed by atoms with Gasteiger partial charge in [-0.3, -0.25) is 4.79 Å². The number of hydrogen-bond donors (Lipinski definition) is 6. The van der Waals surface area contributed by atoms with Crippen molar-refractivity contribution in [1.82, 2.24) is 0 Å². The molecule has 0 fully saturated rings. The Kier molecular flexibility index (Phi) is 9.37. The zero-order chi connectivity index (χ0) is 16.4. The molecule has 1 heterocycles. The third-order valence-corrected chi connectivity index (χ3v) is 2.48. The number of aliphatic hydroxyl groups excluding tert-OH is 6. The van der Waals surface area contributed by atoms with E-state index in [-0.39, 0.29) is 18.7 Å². The minimum absolute atomic E-state index is 0.0258. The highest BCUT2D eigenvalue weighted by atomic mass is 16.4. The fourth-order valence-corrected chi connectivity index (χ4v) is 1.20. The van der Waals surface area contributed by atoms with E-state index in [4.69, 9.17) is 30.6 Å². The van der Waals surface area contributed by atoms with E-state index in [2.05, 4.69) is 4.42 Å². The molecule has 1 rings (SSSR count). The topological polar surface area (TPSA) is 169 Å². The van der Waals surface area contributed by atoms with Gasteiger partial charge < -0.3 is 39.9 Å². The molecule has 0 aliphatic carbocycles. The average Bonchev–Trinajstić information content (AvgIpc) is 2.99. The monoisotopic (exact) mass is 306 g/mol. The molecule has 0 radical (unpaired) electrons. The minimum Gasteiger partial charge on any atom is -0.461 e. The van der Waals surface area contributed by atoms with Gasteiger partial charge in [-0.25, -0.2) is 0 Å². The lowest BCUT2D eigenvalue weighted by Gasteiger charge is -2.22. The quantitative estimate of drug-likeness (QED) is 0.291. The van der Waals surface area contributed by atoms with Crippen LogP contribution < -0.4 is 0 Å². The van der Waals surface area contributed by atoms with Crippen LogP contribution in [-0.4, -0.2) is 74.2 Å². The fraction of sp³-hybridized carbons (Fsp3) is 0.500. The maximum atomic E-state index is 10.0. The van der Waals surface area contributed by atoms with Crippen LogP contribution >= 0.6 is 0 Å². The van der Waals surface area contributed by atoms with Crippen molar-refractivity contribution < 1.29 is 44.6 Å². The van der Waals surface area contributed by atoms with Crippen molar-refractivity contribution in [2.75, 3.05) is 6.61 Å². The normalized spacial score (nSPS) is 16.1. The summed E-state index contributed by atoms with van der Waals surface area (Å²) in [6.45, 7) is -0.908. The maximum Gasteiger partial charge on any atom is 0.185 e. The highest BCUT2D eigenvalue weighted by Crippen LogP contribution is 2.06. The Labute approximate surface area is 119 Å². The lowest BCUT2D eigenvalue weighted by atomic mass is 10.0. The highest BCUT2D eigenvalue weighted by molar-refractivity contribution is 5.72. The summed E-state index contributed by atoms with van der Waals surface area (Å²) in [7, 11) is 0. The van der Waals surface area contributed by atoms with Gasteiger partial charge >= 0.3 is 0 Å². The predicted octanol–water partition coefficient (Wildman–Crippen LogP) is -2.79. The first kappa shape index (κ1) is 19.4. The molecular formula is C12H18O9. The van der Waals surface area contributed by atoms with Gasteiger partial charge in [0, 0.05) is 5.56 Å². The largest absolute Gasteiger partial charge is 0.461 e. The summed E-state index contributed by atoms with van der Waals surface area (Å²) in [5, 5.41) is 52.1. The van der Waals surface area contributed by atoms with Crippen LogP contribution in [0.4, 0.5) is 0 Å². The van der Waals surface area contributed by atoms with Crippen LogP contribution in [0.5, 0.6) is 0 Å². The Morgan fingerprint density at radius 2 is 1.71 bits per heavy atom. The summed E-state index contributed by atoms with van der Waals surface area (Å²) in [6.07, 6.45) is -4.89. The van der Waals surface area contributed by atoms with E-state index in [1.807, 2.05) is 0 Å². The smallest absolute Gasteiger partial charge is 0.185 e. The van der Waals surface area contributed by atoms with E-state index in [1.54, 1.807) is 6.07 Å². The second kappa shape index (κ2) is 10.2. The lowest BCUT2D eigenvalue weighted by Crippen LogP contribution is -2.46. The highest BCUT2D eigenvalue weighted by Gasteiger charge is 2.29. The molecule has 0 unspecified atom stereocenters. The van der Waals surface area contributed by atoms with E-state index >= 15 is 0 Å². The van der Waals surface area contributed by atoms with Crippen molar-refractivity contribution in [3.63, 3.8) is 0 Å². The van der Waals surface area contributed by atoms with Gasteiger partial charge in [-0.1, -0.05) is 0 Å². The van der Waals surface area contributed by atoms with Crippen molar-refractivity contribution >= 4 is 12.6 Å².